The minimum absolute atomic E-state index is 0.505. The molecule has 1 heterocycles. The van der Waals surface area contributed by atoms with Crippen molar-refractivity contribution in [3.05, 3.63) is 46.4 Å². The van der Waals surface area contributed by atoms with Crippen LogP contribution in [0.15, 0.2) is 35.8 Å². The Balaban J connectivity index is 1.83. The van der Waals surface area contributed by atoms with Gasteiger partial charge in [-0.1, -0.05) is 26.0 Å². The largest absolute Gasteiger partial charge is 0.486 e. The fraction of sp³-hybridized carbons (Fsp3) is 0.357. The van der Waals surface area contributed by atoms with E-state index in [9.17, 15) is 0 Å². The zero-order valence-corrected chi connectivity index (χ0v) is 11.5. The number of hydrogen-bond donors (Lipinski definition) is 1. The van der Waals surface area contributed by atoms with Crippen molar-refractivity contribution in [2.45, 2.75) is 33.0 Å². The third-order valence-electron chi connectivity index (χ3n) is 2.48. The monoisotopic (exact) mass is 262 g/mol. The van der Waals surface area contributed by atoms with E-state index in [0.29, 0.717) is 12.6 Å². The summed E-state index contributed by atoms with van der Waals surface area (Å²) in [4.78, 5) is 4.18. The van der Waals surface area contributed by atoms with Crippen LogP contribution in [0.5, 0.6) is 5.75 Å². The summed E-state index contributed by atoms with van der Waals surface area (Å²) in [7, 11) is 0. The molecule has 0 aliphatic heterocycles. The van der Waals surface area contributed by atoms with Gasteiger partial charge in [0.2, 0.25) is 0 Å². The second-order valence-corrected chi connectivity index (χ2v) is 5.37. The standard InChI is InChI=1S/C14H18N2OS/c1-11(2)16-9-12-3-5-13(6-4-12)17-10-14-15-7-8-18-14/h3-8,11,16H,9-10H2,1-2H3. The molecule has 0 spiro atoms. The van der Waals surface area contributed by atoms with Gasteiger partial charge >= 0.3 is 0 Å². The van der Waals surface area contributed by atoms with Crippen LogP contribution < -0.4 is 10.1 Å². The van der Waals surface area contributed by atoms with E-state index in [1.807, 2.05) is 17.5 Å². The summed E-state index contributed by atoms with van der Waals surface area (Å²) in [6.07, 6.45) is 1.80. The van der Waals surface area contributed by atoms with Gasteiger partial charge in [0.25, 0.3) is 0 Å². The van der Waals surface area contributed by atoms with Gasteiger partial charge in [0.1, 0.15) is 17.4 Å². The van der Waals surface area contributed by atoms with E-state index in [4.69, 9.17) is 4.74 Å². The van der Waals surface area contributed by atoms with Gasteiger partial charge < -0.3 is 10.1 Å². The summed E-state index contributed by atoms with van der Waals surface area (Å²) in [6.45, 7) is 5.72. The Labute approximate surface area is 112 Å². The number of benzene rings is 1. The zero-order chi connectivity index (χ0) is 12.8. The zero-order valence-electron chi connectivity index (χ0n) is 10.7. The first-order valence-corrected chi connectivity index (χ1v) is 6.95. The Morgan fingerprint density at radius 3 is 2.67 bits per heavy atom. The van der Waals surface area contributed by atoms with Crippen LogP contribution >= 0.6 is 11.3 Å². The van der Waals surface area contributed by atoms with Gasteiger partial charge in [0, 0.05) is 24.2 Å². The van der Waals surface area contributed by atoms with E-state index in [-0.39, 0.29) is 0 Å². The maximum Gasteiger partial charge on any atom is 0.140 e. The second kappa shape index (κ2) is 6.52. The van der Waals surface area contributed by atoms with Gasteiger partial charge in [-0.3, -0.25) is 0 Å². The number of ether oxygens (including phenoxy) is 1. The van der Waals surface area contributed by atoms with Crippen molar-refractivity contribution in [1.82, 2.24) is 10.3 Å². The van der Waals surface area contributed by atoms with Gasteiger partial charge in [-0.25, -0.2) is 4.98 Å². The minimum Gasteiger partial charge on any atom is -0.486 e. The van der Waals surface area contributed by atoms with Crippen LogP contribution in [0.1, 0.15) is 24.4 Å². The molecule has 2 aromatic rings. The molecule has 0 fully saturated rings. The second-order valence-electron chi connectivity index (χ2n) is 4.39. The molecule has 2 rings (SSSR count). The molecule has 3 nitrogen and oxygen atoms in total. The molecule has 0 atom stereocenters. The average Bonchev–Trinajstić information content (AvgIpc) is 2.88. The van der Waals surface area contributed by atoms with Crippen molar-refractivity contribution in [1.29, 1.82) is 0 Å². The van der Waals surface area contributed by atoms with E-state index in [1.54, 1.807) is 17.5 Å². The summed E-state index contributed by atoms with van der Waals surface area (Å²) in [6, 6.07) is 8.69. The molecule has 18 heavy (non-hydrogen) atoms. The number of nitrogens with zero attached hydrogens (tertiary/aromatic N) is 1. The van der Waals surface area contributed by atoms with Crippen LogP contribution in [-0.2, 0) is 13.2 Å². The van der Waals surface area contributed by atoms with E-state index in [0.717, 1.165) is 17.3 Å². The van der Waals surface area contributed by atoms with Crippen molar-refractivity contribution in [3.63, 3.8) is 0 Å². The molecule has 0 unspecified atom stereocenters. The summed E-state index contributed by atoms with van der Waals surface area (Å²) >= 11 is 1.61. The quantitative estimate of drug-likeness (QED) is 0.868. The van der Waals surface area contributed by atoms with E-state index < -0.39 is 0 Å². The molecule has 0 bridgehead atoms. The molecule has 0 aliphatic carbocycles. The van der Waals surface area contributed by atoms with Crippen molar-refractivity contribution in [3.8, 4) is 5.75 Å². The summed E-state index contributed by atoms with van der Waals surface area (Å²) in [5, 5.41) is 6.34. The number of aromatic nitrogens is 1. The van der Waals surface area contributed by atoms with Crippen LogP contribution in [0, 0.1) is 0 Å². The average molecular weight is 262 g/mol. The van der Waals surface area contributed by atoms with Crippen molar-refractivity contribution in [2.24, 2.45) is 0 Å². The van der Waals surface area contributed by atoms with Gasteiger partial charge in [0.05, 0.1) is 0 Å². The first kappa shape index (κ1) is 13.1. The third-order valence-corrected chi connectivity index (χ3v) is 3.24. The molecule has 0 radical (unpaired) electrons. The Morgan fingerprint density at radius 2 is 2.06 bits per heavy atom. The highest BCUT2D eigenvalue weighted by atomic mass is 32.1. The first-order valence-electron chi connectivity index (χ1n) is 6.07. The molecule has 0 aliphatic rings. The Bertz CT molecular complexity index is 451. The van der Waals surface area contributed by atoms with Crippen LogP contribution in [0.3, 0.4) is 0 Å². The number of thiazole rings is 1. The Kier molecular flexibility index (Phi) is 4.73. The van der Waals surface area contributed by atoms with E-state index >= 15 is 0 Å². The van der Waals surface area contributed by atoms with Gasteiger partial charge in [-0.2, -0.15) is 0 Å². The highest BCUT2D eigenvalue weighted by molar-refractivity contribution is 7.09. The van der Waals surface area contributed by atoms with Gasteiger partial charge in [-0.15, -0.1) is 11.3 Å². The highest BCUT2D eigenvalue weighted by Crippen LogP contribution is 2.15. The molecule has 1 N–H and O–H groups in total. The van der Waals surface area contributed by atoms with Crippen LogP contribution in [0.4, 0.5) is 0 Å². The lowest BCUT2D eigenvalue weighted by molar-refractivity contribution is 0.305. The molecule has 1 aromatic carbocycles. The molecule has 96 valence electrons. The predicted octanol–water partition coefficient (Wildman–Crippen LogP) is 3.22. The Hall–Kier alpha value is -1.39. The topological polar surface area (TPSA) is 34.1 Å². The number of hydrogen-bond acceptors (Lipinski definition) is 4. The summed E-state index contributed by atoms with van der Waals surface area (Å²) in [5.41, 5.74) is 1.27. The van der Waals surface area contributed by atoms with Crippen LogP contribution in [0.25, 0.3) is 0 Å². The third kappa shape index (κ3) is 4.13. The lowest BCUT2D eigenvalue weighted by atomic mass is 10.2. The SMILES string of the molecule is CC(C)NCc1ccc(OCc2nccs2)cc1. The molecule has 0 amide bonds. The van der Waals surface area contributed by atoms with Crippen LogP contribution in [0.2, 0.25) is 0 Å². The smallest absolute Gasteiger partial charge is 0.140 e. The van der Waals surface area contributed by atoms with Gasteiger partial charge in [0.15, 0.2) is 0 Å². The number of rotatable bonds is 6. The van der Waals surface area contributed by atoms with Crippen LogP contribution in [-0.4, -0.2) is 11.0 Å². The minimum atomic E-state index is 0.505. The lowest BCUT2D eigenvalue weighted by Crippen LogP contribution is -2.21. The molecule has 1 aromatic heterocycles. The highest BCUT2D eigenvalue weighted by Gasteiger charge is 1.99. The summed E-state index contributed by atoms with van der Waals surface area (Å²) < 4.78 is 5.66. The molecular weight excluding hydrogens is 244 g/mol. The van der Waals surface area contributed by atoms with Crippen molar-refractivity contribution in [2.75, 3.05) is 0 Å². The molecule has 0 saturated heterocycles. The van der Waals surface area contributed by atoms with Crippen molar-refractivity contribution < 1.29 is 4.74 Å². The lowest BCUT2D eigenvalue weighted by Gasteiger charge is -2.09. The fourth-order valence-corrected chi connectivity index (χ4v) is 2.02. The summed E-state index contributed by atoms with van der Waals surface area (Å²) in [5.74, 6) is 0.887. The maximum atomic E-state index is 5.66. The molecule has 4 heteroatoms. The fourth-order valence-electron chi connectivity index (χ4n) is 1.49. The predicted molar refractivity (Wildman–Crippen MR) is 74.9 cm³/mol. The first-order chi connectivity index (χ1) is 8.74. The van der Waals surface area contributed by atoms with Crippen molar-refractivity contribution >= 4 is 11.3 Å². The molecular formula is C14H18N2OS. The normalized spacial score (nSPS) is 10.8. The van der Waals surface area contributed by atoms with Gasteiger partial charge in [-0.05, 0) is 17.7 Å². The van der Waals surface area contributed by atoms with E-state index in [1.165, 1.54) is 5.56 Å². The van der Waals surface area contributed by atoms with E-state index in [2.05, 4.69) is 36.3 Å². The maximum absolute atomic E-state index is 5.66. The molecule has 0 saturated carbocycles. The Morgan fingerprint density at radius 1 is 1.28 bits per heavy atom. The number of nitrogens with one attached hydrogen (secondary N) is 1.